The molecule has 182 valence electrons. The highest BCUT2D eigenvalue weighted by Gasteiger charge is 2.16. The molecule has 0 saturated heterocycles. The third-order valence-corrected chi connectivity index (χ3v) is 7.18. The van der Waals surface area contributed by atoms with Crippen molar-refractivity contribution in [2.24, 2.45) is 0 Å². The number of nitrogens with zero attached hydrogens (tertiary/aromatic N) is 2. The van der Waals surface area contributed by atoms with Gasteiger partial charge in [-0.3, -0.25) is 14.7 Å². The van der Waals surface area contributed by atoms with Gasteiger partial charge in [0.1, 0.15) is 0 Å². The molecule has 0 atom stereocenters. The summed E-state index contributed by atoms with van der Waals surface area (Å²) in [6, 6.07) is 34.0. The summed E-state index contributed by atoms with van der Waals surface area (Å²) < 4.78 is 0. The lowest BCUT2D eigenvalue weighted by atomic mass is 10.00. The Morgan fingerprint density at radius 2 is 1.57 bits per heavy atom. The number of hydrogen-bond donors (Lipinski definition) is 1. The van der Waals surface area contributed by atoms with Crippen LogP contribution in [-0.2, 0) is 19.5 Å². The minimum Gasteiger partial charge on any atom is -0.322 e. The molecule has 37 heavy (non-hydrogen) atoms. The Balaban J connectivity index is 1.12. The van der Waals surface area contributed by atoms with Crippen molar-refractivity contribution >= 4 is 34.1 Å². The maximum atomic E-state index is 12.9. The summed E-state index contributed by atoms with van der Waals surface area (Å²) in [6.45, 7) is 2.83. The molecule has 4 nitrogen and oxygen atoms in total. The first-order valence-electron chi connectivity index (χ1n) is 12.5. The minimum atomic E-state index is -0.142. The van der Waals surface area contributed by atoms with Gasteiger partial charge in [-0.15, -0.1) is 0 Å². The van der Waals surface area contributed by atoms with Gasteiger partial charge in [-0.05, 0) is 77.2 Å². The van der Waals surface area contributed by atoms with Gasteiger partial charge in [-0.1, -0.05) is 66.2 Å². The number of fused-ring (bicyclic) bond motifs is 2. The van der Waals surface area contributed by atoms with Gasteiger partial charge in [0.15, 0.2) is 0 Å². The van der Waals surface area contributed by atoms with Gasteiger partial charge in [0.05, 0.1) is 11.2 Å². The van der Waals surface area contributed by atoms with E-state index in [-0.39, 0.29) is 5.91 Å². The Bertz CT molecular complexity index is 1580. The van der Waals surface area contributed by atoms with Crippen molar-refractivity contribution in [3.63, 3.8) is 0 Å². The molecule has 2 heterocycles. The monoisotopic (exact) mass is 503 g/mol. The summed E-state index contributed by atoms with van der Waals surface area (Å²) in [5.41, 5.74) is 8.31. The van der Waals surface area contributed by atoms with Crippen LogP contribution in [0.2, 0.25) is 5.02 Å². The van der Waals surface area contributed by atoms with E-state index in [2.05, 4.69) is 46.6 Å². The van der Waals surface area contributed by atoms with Crippen LogP contribution in [0.1, 0.15) is 27.2 Å². The van der Waals surface area contributed by atoms with E-state index in [4.69, 9.17) is 16.6 Å². The Hall–Kier alpha value is -3.99. The zero-order chi connectivity index (χ0) is 25.2. The summed E-state index contributed by atoms with van der Waals surface area (Å²) in [7, 11) is 0. The highest BCUT2D eigenvalue weighted by molar-refractivity contribution is 6.30. The molecule has 1 amide bonds. The van der Waals surface area contributed by atoms with E-state index in [1.807, 2.05) is 66.7 Å². The zero-order valence-electron chi connectivity index (χ0n) is 20.3. The largest absolute Gasteiger partial charge is 0.322 e. The van der Waals surface area contributed by atoms with E-state index >= 15 is 0 Å². The van der Waals surface area contributed by atoms with Crippen LogP contribution in [0.3, 0.4) is 0 Å². The molecule has 0 unspecified atom stereocenters. The number of benzene rings is 4. The standard InChI is InChI=1S/C32H26ClN3O/c33-28-12-9-24(10-13-28)23-5-7-25(8-6-23)32(37)35-29-15-16-31-26(19-29)11-14-30(34-31)21-36-18-17-22-3-1-2-4-27(22)20-36/h1-16,19H,17-18,20-21H2,(H,35,37). The minimum absolute atomic E-state index is 0.142. The number of halogens is 1. The van der Waals surface area contributed by atoms with Gasteiger partial charge in [0.2, 0.25) is 0 Å². The highest BCUT2D eigenvalue weighted by atomic mass is 35.5. The number of carbonyl (C=O) groups excluding carboxylic acids is 1. The fraction of sp³-hybridized carbons (Fsp3) is 0.125. The molecule has 0 spiro atoms. The Morgan fingerprint density at radius 3 is 2.35 bits per heavy atom. The van der Waals surface area contributed by atoms with Gasteiger partial charge in [0.25, 0.3) is 5.91 Å². The first kappa shape index (κ1) is 23.4. The number of rotatable bonds is 5. The van der Waals surface area contributed by atoms with Gasteiger partial charge in [-0.2, -0.15) is 0 Å². The number of amides is 1. The van der Waals surface area contributed by atoms with Crippen molar-refractivity contribution < 1.29 is 4.79 Å². The lowest BCUT2D eigenvalue weighted by Crippen LogP contribution is -2.30. The summed E-state index contributed by atoms with van der Waals surface area (Å²) in [5, 5.41) is 4.72. The van der Waals surface area contributed by atoms with Crippen molar-refractivity contribution in [1.82, 2.24) is 9.88 Å². The first-order valence-corrected chi connectivity index (χ1v) is 12.8. The summed E-state index contributed by atoms with van der Waals surface area (Å²) >= 11 is 5.98. The van der Waals surface area contributed by atoms with E-state index < -0.39 is 0 Å². The molecule has 5 heteroatoms. The molecular weight excluding hydrogens is 478 g/mol. The van der Waals surface area contributed by atoms with Crippen LogP contribution in [0, 0.1) is 0 Å². The Kier molecular flexibility index (Phi) is 6.44. The third-order valence-electron chi connectivity index (χ3n) is 6.92. The molecule has 1 aliphatic rings. The molecule has 1 aromatic heterocycles. The fourth-order valence-corrected chi connectivity index (χ4v) is 5.04. The molecule has 5 aromatic rings. The van der Waals surface area contributed by atoms with Crippen LogP contribution in [0.25, 0.3) is 22.0 Å². The number of pyridine rings is 1. The molecule has 1 aliphatic heterocycles. The van der Waals surface area contributed by atoms with Crippen molar-refractivity contribution in [2.75, 3.05) is 11.9 Å². The zero-order valence-corrected chi connectivity index (χ0v) is 21.1. The Labute approximate surface area is 221 Å². The highest BCUT2D eigenvalue weighted by Crippen LogP contribution is 2.24. The number of hydrogen-bond acceptors (Lipinski definition) is 3. The maximum Gasteiger partial charge on any atom is 0.255 e. The molecule has 0 radical (unpaired) electrons. The van der Waals surface area contributed by atoms with Crippen LogP contribution in [0.4, 0.5) is 5.69 Å². The fourth-order valence-electron chi connectivity index (χ4n) is 4.91. The van der Waals surface area contributed by atoms with Crippen molar-refractivity contribution in [3.8, 4) is 11.1 Å². The Morgan fingerprint density at radius 1 is 0.838 bits per heavy atom. The predicted molar refractivity (Wildman–Crippen MR) is 151 cm³/mol. The SMILES string of the molecule is O=C(Nc1ccc2nc(CN3CCc4ccccc4C3)ccc2c1)c1ccc(-c2ccc(Cl)cc2)cc1. The molecule has 4 aromatic carbocycles. The molecule has 0 bridgehead atoms. The van der Waals surface area contributed by atoms with Crippen LogP contribution < -0.4 is 5.32 Å². The average Bonchev–Trinajstić information content (AvgIpc) is 2.93. The van der Waals surface area contributed by atoms with Crippen LogP contribution in [0.5, 0.6) is 0 Å². The van der Waals surface area contributed by atoms with Gasteiger partial charge >= 0.3 is 0 Å². The molecule has 1 N–H and O–H groups in total. The normalized spacial score (nSPS) is 13.3. The lowest BCUT2D eigenvalue weighted by Gasteiger charge is -2.28. The van der Waals surface area contributed by atoms with Crippen LogP contribution >= 0.6 is 11.6 Å². The summed E-state index contributed by atoms with van der Waals surface area (Å²) in [4.78, 5) is 20.2. The predicted octanol–water partition coefficient (Wildman–Crippen LogP) is 7.37. The molecule has 0 saturated carbocycles. The van der Waals surface area contributed by atoms with E-state index in [1.165, 1.54) is 11.1 Å². The van der Waals surface area contributed by atoms with Gasteiger partial charge < -0.3 is 5.32 Å². The van der Waals surface area contributed by atoms with E-state index in [9.17, 15) is 4.79 Å². The van der Waals surface area contributed by atoms with Crippen molar-refractivity contribution in [2.45, 2.75) is 19.5 Å². The first-order chi connectivity index (χ1) is 18.1. The number of aromatic nitrogens is 1. The van der Waals surface area contributed by atoms with E-state index in [1.54, 1.807) is 0 Å². The second-order valence-electron chi connectivity index (χ2n) is 9.48. The van der Waals surface area contributed by atoms with Crippen molar-refractivity contribution in [1.29, 1.82) is 0 Å². The molecule has 0 fully saturated rings. The second-order valence-corrected chi connectivity index (χ2v) is 9.91. The molecule has 0 aliphatic carbocycles. The summed E-state index contributed by atoms with van der Waals surface area (Å²) in [6.07, 6.45) is 1.08. The second kappa shape index (κ2) is 10.2. The molecular formula is C32H26ClN3O. The smallest absolute Gasteiger partial charge is 0.255 e. The topological polar surface area (TPSA) is 45.2 Å². The molecule has 6 rings (SSSR count). The van der Waals surface area contributed by atoms with Crippen molar-refractivity contribution in [3.05, 3.63) is 131 Å². The number of nitrogens with one attached hydrogen (secondary N) is 1. The maximum absolute atomic E-state index is 12.9. The lowest BCUT2D eigenvalue weighted by molar-refractivity contribution is 0.102. The van der Waals surface area contributed by atoms with Gasteiger partial charge in [-0.25, -0.2) is 0 Å². The third kappa shape index (κ3) is 5.26. The summed E-state index contributed by atoms with van der Waals surface area (Å²) in [5.74, 6) is -0.142. The van der Waals surface area contributed by atoms with Crippen LogP contribution in [-0.4, -0.2) is 22.3 Å². The number of anilines is 1. The van der Waals surface area contributed by atoms with E-state index in [0.717, 1.165) is 59.5 Å². The quantitative estimate of drug-likeness (QED) is 0.272. The van der Waals surface area contributed by atoms with Gasteiger partial charge in [0, 0.05) is 41.3 Å². The van der Waals surface area contributed by atoms with E-state index in [0.29, 0.717) is 10.6 Å². The number of carbonyl (C=O) groups is 1. The average molecular weight is 504 g/mol. The van der Waals surface area contributed by atoms with Crippen LogP contribution in [0.15, 0.2) is 103 Å².